The molecule has 0 spiro atoms. The van der Waals surface area contributed by atoms with Crippen molar-refractivity contribution < 1.29 is 18.4 Å². The highest BCUT2D eigenvalue weighted by molar-refractivity contribution is 5.85. The number of carbonyl (C=O) groups is 2. The highest BCUT2D eigenvalue weighted by Crippen LogP contribution is 2.30. The summed E-state index contributed by atoms with van der Waals surface area (Å²) in [7, 11) is 0. The summed E-state index contributed by atoms with van der Waals surface area (Å²) in [4.78, 5) is 27.0. The number of amides is 2. The molecule has 34 heavy (non-hydrogen) atoms. The second-order valence-corrected chi connectivity index (χ2v) is 8.31. The van der Waals surface area contributed by atoms with Crippen LogP contribution in [0.5, 0.6) is 0 Å². The Morgan fingerprint density at radius 3 is 1.88 bits per heavy atom. The van der Waals surface area contributed by atoms with Crippen molar-refractivity contribution in [2.45, 2.75) is 31.2 Å². The van der Waals surface area contributed by atoms with E-state index < -0.39 is 17.9 Å². The summed E-state index contributed by atoms with van der Waals surface area (Å²) in [5, 5.41) is 0. The van der Waals surface area contributed by atoms with Gasteiger partial charge in [0.05, 0.1) is 6.54 Å². The fourth-order valence-corrected chi connectivity index (χ4v) is 4.34. The number of halogens is 4. The van der Waals surface area contributed by atoms with Crippen molar-refractivity contribution in [2.24, 2.45) is 11.5 Å². The number of carbonyl (C=O) groups excluding carboxylic acids is 2. The average Bonchev–Trinajstić information content (AvgIpc) is 2.76. The minimum atomic E-state index is -0.526. The molecule has 1 fully saturated rings. The Morgan fingerprint density at radius 2 is 1.41 bits per heavy atom. The fourth-order valence-electron chi connectivity index (χ4n) is 4.34. The van der Waals surface area contributed by atoms with Gasteiger partial charge in [-0.1, -0.05) is 30.7 Å². The molecule has 1 aliphatic rings. The van der Waals surface area contributed by atoms with Crippen LogP contribution in [0.4, 0.5) is 8.78 Å². The lowest BCUT2D eigenvalue weighted by Crippen LogP contribution is -2.59. The number of benzene rings is 2. The van der Waals surface area contributed by atoms with E-state index in [0.717, 1.165) is 43.5 Å². The van der Waals surface area contributed by atoms with Gasteiger partial charge in [-0.3, -0.25) is 19.4 Å². The van der Waals surface area contributed by atoms with Gasteiger partial charge >= 0.3 is 0 Å². The van der Waals surface area contributed by atoms with Crippen LogP contribution in [-0.2, 0) is 9.59 Å². The fraction of sp³-hybridized carbons (Fsp3) is 0.417. The molecule has 1 heterocycles. The lowest BCUT2D eigenvalue weighted by Gasteiger charge is -2.39. The van der Waals surface area contributed by atoms with Crippen molar-refractivity contribution in [1.29, 1.82) is 0 Å². The van der Waals surface area contributed by atoms with Gasteiger partial charge < -0.3 is 11.5 Å². The molecule has 2 aromatic carbocycles. The molecular formula is C24H32Cl2F2N4O2. The van der Waals surface area contributed by atoms with Crippen LogP contribution < -0.4 is 11.5 Å². The molecule has 0 radical (unpaired) electrons. The topological polar surface area (TPSA) is 92.7 Å². The summed E-state index contributed by atoms with van der Waals surface area (Å²) >= 11 is 0. The third-order valence-corrected chi connectivity index (χ3v) is 6.02. The Kier molecular flexibility index (Phi) is 12.4. The lowest BCUT2D eigenvalue weighted by atomic mass is 9.87. The van der Waals surface area contributed by atoms with E-state index in [4.69, 9.17) is 11.5 Å². The third kappa shape index (κ3) is 8.51. The Bertz CT molecular complexity index is 871. The number of nitrogens with two attached hydrogens (primary N) is 2. The van der Waals surface area contributed by atoms with Gasteiger partial charge in [-0.2, -0.15) is 0 Å². The molecule has 1 unspecified atom stereocenters. The summed E-state index contributed by atoms with van der Waals surface area (Å²) in [6.07, 6.45) is 2.64. The number of primary amides is 2. The van der Waals surface area contributed by atoms with Gasteiger partial charge in [0, 0.05) is 25.6 Å². The normalized spacial score (nSPS) is 16.5. The van der Waals surface area contributed by atoms with E-state index in [1.54, 1.807) is 29.2 Å². The largest absolute Gasteiger partial charge is 0.369 e. The van der Waals surface area contributed by atoms with Crippen LogP contribution in [0.1, 0.15) is 36.3 Å². The second-order valence-electron chi connectivity index (χ2n) is 8.31. The number of unbranched alkanes of at least 4 members (excludes halogenated alkanes) is 1. The van der Waals surface area contributed by atoms with Gasteiger partial charge in [0.25, 0.3) is 0 Å². The molecule has 6 nitrogen and oxygen atoms in total. The van der Waals surface area contributed by atoms with E-state index in [0.29, 0.717) is 13.1 Å². The zero-order chi connectivity index (χ0) is 23.1. The van der Waals surface area contributed by atoms with Crippen LogP contribution in [0.25, 0.3) is 0 Å². The Labute approximate surface area is 211 Å². The predicted octanol–water partition coefficient (Wildman–Crippen LogP) is 3.07. The molecule has 0 aliphatic carbocycles. The first-order chi connectivity index (χ1) is 15.3. The molecule has 0 bridgehead atoms. The standard InChI is InChI=1S/C24H30F2N4O2.2ClH/c25-19-8-4-17(5-9-19)21(18-6-10-20(26)11-7-18)3-1-2-12-29-13-14-30(16-23(27)31)22(15-29)24(28)32;;/h4-11,21-22H,1-3,12-16H2,(H2,27,31)(H2,28,32);2*1H. The lowest BCUT2D eigenvalue weighted by molar-refractivity contribution is -0.128. The van der Waals surface area contributed by atoms with Crippen LogP contribution in [0.15, 0.2) is 48.5 Å². The zero-order valence-electron chi connectivity index (χ0n) is 18.9. The van der Waals surface area contributed by atoms with Gasteiger partial charge in [-0.05, 0) is 54.8 Å². The predicted molar refractivity (Wildman–Crippen MR) is 133 cm³/mol. The van der Waals surface area contributed by atoms with Crippen molar-refractivity contribution in [3.8, 4) is 0 Å². The van der Waals surface area contributed by atoms with E-state index in [1.165, 1.54) is 24.3 Å². The zero-order valence-corrected chi connectivity index (χ0v) is 20.5. The van der Waals surface area contributed by atoms with Crippen molar-refractivity contribution in [3.63, 3.8) is 0 Å². The van der Waals surface area contributed by atoms with E-state index in [1.807, 2.05) is 0 Å². The monoisotopic (exact) mass is 516 g/mol. The van der Waals surface area contributed by atoms with Gasteiger partial charge in [0.15, 0.2) is 0 Å². The maximum atomic E-state index is 13.4. The highest BCUT2D eigenvalue weighted by atomic mass is 35.5. The van der Waals surface area contributed by atoms with Crippen LogP contribution in [0.3, 0.4) is 0 Å². The number of piperazine rings is 1. The molecule has 1 atom stereocenters. The first-order valence-corrected chi connectivity index (χ1v) is 10.9. The molecule has 2 amide bonds. The molecular weight excluding hydrogens is 485 g/mol. The van der Waals surface area contributed by atoms with Gasteiger partial charge in [0.1, 0.15) is 17.7 Å². The van der Waals surface area contributed by atoms with Crippen LogP contribution >= 0.6 is 24.8 Å². The van der Waals surface area contributed by atoms with Crippen LogP contribution in [0, 0.1) is 11.6 Å². The van der Waals surface area contributed by atoms with Crippen LogP contribution in [-0.4, -0.2) is 60.4 Å². The SMILES string of the molecule is Cl.Cl.NC(=O)CN1CCN(CCCCC(c2ccc(F)cc2)c2ccc(F)cc2)CC1C(N)=O. The van der Waals surface area contributed by atoms with Crippen molar-refractivity contribution >= 4 is 36.6 Å². The van der Waals surface area contributed by atoms with Crippen molar-refractivity contribution in [3.05, 3.63) is 71.3 Å². The molecule has 1 aliphatic heterocycles. The second kappa shape index (κ2) is 14.2. The molecule has 0 aromatic heterocycles. The number of hydrogen-bond donors (Lipinski definition) is 2. The van der Waals surface area contributed by atoms with Crippen molar-refractivity contribution in [1.82, 2.24) is 9.80 Å². The third-order valence-electron chi connectivity index (χ3n) is 6.02. The Hall–Kier alpha value is -2.26. The summed E-state index contributed by atoms with van der Waals surface area (Å²) in [6, 6.07) is 12.4. The Balaban J connectivity index is 0.00000289. The van der Waals surface area contributed by atoms with E-state index in [-0.39, 0.29) is 48.9 Å². The van der Waals surface area contributed by atoms with Crippen LogP contribution in [0.2, 0.25) is 0 Å². The quantitative estimate of drug-likeness (QED) is 0.474. The van der Waals surface area contributed by atoms with Gasteiger partial charge in [0.2, 0.25) is 11.8 Å². The van der Waals surface area contributed by atoms with Gasteiger partial charge in [-0.15, -0.1) is 24.8 Å². The first-order valence-electron chi connectivity index (χ1n) is 10.9. The van der Waals surface area contributed by atoms with E-state index >= 15 is 0 Å². The Morgan fingerprint density at radius 1 is 0.882 bits per heavy atom. The summed E-state index contributed by atoms with van der Waals surface area (Å²) in [6.45, 7) is 2.59. The first kappa shape index (κ1) is 29.8. The minimum absolute atomic E-state index is 0. The number of nitrogens with zero attached hydrogens (tertiary/aromatic N) is 2. The number of hydrogen-bond acceptors (Lipinski definition) is 4. The minimum Gasteiger partial charge on any atom is -0.369 e. The smallest absolute Gasteiger partial charge is 0.236 e. The van der Waals surface area contributed by atoms with E-state index in [2.05, 4.69) is 4.90 Å². The molecule has 1 saturated heterocycles. The number of rotatable bonds is 10. The van der Waals surface area contributed by atoms with E-state index in [9.17, 15) is 18.4 Å². The molecule has 10 heteroatoms. The maximum absolute atomic E-state index is 13.4. The van der Waals surface area contributed by atoms with Crippen molar-refractivity contribution in [2.75, 3.05) is 32.7 Å². The highest BCUT2D eigenvalue weighted by Gasteiger charge is 2.31. The average molecular weight is 517 g/mol. The summed E-state index contributed by atoms with van der Waals surface area (Å²) in [5.41, 5.74) is 12.8. The van der Waals surface area contributed by atoms with Gasteiger partial charge in [-0.25, -0.2) is 8.78 Å². The molecule has 2 aromatic rings. The molecule has 0 saturated carbocycles. The summed E-state index contributed by atoms with van der Waals surface area (Å²) < 4.78 is 26.8. The molecule has 188 valence electrons. The maximum Gasteiger partial charge on any atom is 0.236 e. The summed E-state index contributed by atoms with van der Waals surface area (Å²) in [5.74, 6) is -1.46. The molecule has 4 N–H and O–H groups in total. The molecule has 3 rings (SSSR count).